The molecule has 2 aliphatic rings. The number of fused-ring (bicyclic) bond motifs is 1. The maximum absolute atomic E-state index is 12.7. The quantitative estimate of drug-likeness (QED) is 0.617. The molecule has 2 saturated carbocycles. The van der Waals surface area contributed by atoms with Gasteiger partial charge in [0.2, 0.25) is 5.95 Å². The molecule has 156 valence electrons. The molecule has 2 aromatic rings. The SMILES string of the molecule is O=C(N[C@H]1CC[C@H](CO)CC1)c1ccc2cnc(N[C@H]3CC[C@H](O)CC3)nc2c1. The first-order valence-electron chi connectivity index (χ1n) is 10.7. The normalized spacial score (nSPS) is 27.5. The van der Waals surface area contributed by atoms with Gasteiger partial charge in [0.1, 0.15) is 0 Å². The van der Waals surface area contributed by atoms with Crippen LogP contribution in [0.2, 0.25) is 0 Å². The second-order valence-electron chi connectivity index (χ2n) is 8.49. The Morgan fingerprint density at radius 2 is 1.76 bits per heavy atom. The summed E-state index contributed by atoms with van der Waals surface area (Å²) < 4.78 is 0. The summed E-state index contributed by atoms with van der Waals surface area (Å²) in [6.07, 6.45) is 8.75. The maximum atomic E-state index is 12.7. The van der Waals surface area contributed by atoms with E-state index < -0.39 is 0 Å². The third-order valence-electron chi connectivity index (χ3n) is 6.31. The fraction of sp³-hybridized carbons (Fsp3) is 0.591. The van der Waals surface area contributed by atoms with Gasteiger partial charge in [0.05, 0.1) is 11.6 Å². The maximum Gasteiger partial charge on any atom is 0.251 e. The molecule has 0 spiro atoms. The highest BCUT2D eigenvalue weighted by Gasteiger charge is 2.23. The summed E-state index contributed by atoms with van der Waals surface area (Å²) in [5.41, 5.74) is 1.35. The van der Waals surface area contributed by atoms with Gasteiger partial charge in [-0.3, -0.25) is 4.79 Å². The molecule has 1 amide bonds. The monoisotopic (exact) mass is 398 g/mol. The Hall–Kier alpha value is -2.25. The minimum absolute atomic E-state index is 0.0752. The number of anilines is 1. The van der Waals surface area contributed by atoms with E-state index >= 15 is 0 Å². The molecule has 29 heavy (non-hydrogen) atoms. The average molecular weight is 399 g/mol. The van der Waals surface area contributed by atoms with E-state index in [0.29, 0.717) is 17.4 Å². The first kappa shape index (κ1) is 20.0. The van der Waals surface area contributed by atoms with Crippen molar-refractivity contribution in [1.82, 2.24) is 15.3 Å². The molecule has 0 atom stereocenters. The number of carbonyl (C=O) groups excluding carboxylic acids is 1. The van der Waals surface area contributed by atoms with E-state index in [-0.39, 0.29) is 30.7 Å². The van der Waals surface area contributed by atoms with Gasteiger partial charge >= 0.3 is 0 Å². The summed E-state index contributed by atoms with van der Waals surface area (Å²) in [6.45, 7) is 0.239. The van der Waals surface area contributed by atoms with Gasteiger partial charge in [0.15, 0.2) is 0 Å². The van der Waals surface area contributed by atoms with Crippen LogP contribution in [-0.2, 0) is 0 Å². The molecule has 1 aromatic carbocycles. The minimum atomic E-state index is -0.190. The second kappa shape index (κ2) is 9.05. The van der Waals surface area contributed by atoms with Gasteiger partial charge in [-0.1, -0.05) is 6.07 Å². The van der Waals surface area contributed by atoms with Gasteiger partial charge in [0.25, 0.3) is 5.91 Å². The summed E-state index contributed by atoms with van der Waals surface area (Å²) in [5, 5.41) is 26.3. The molecular formula is C22H30N4O3. The summed E-state index contributed by atoms with van der Waals surface area (Å²) in [6, 6.07) is 5.96. The molecule has 0 unspecified atom stereocenters. The zero-order valence-corrected chi connectivity index (χ0v) is 16.7. The topological polar surface area (TPSA) is 107 Å². The summed E-state index contributed by atoms with van der Waals surface area (Å²) in [7, 11) is 0. The number of rotatable bonds is 5. The molecule has 0 bridgehead atoms. The van der Waals surface area contributed by atoms with Gasteiger partial charge in [-0.25, -0.2) is 9.97 Å². The van der Waals surface area contributed by atoms with Crippen molar-refractivity contribution in [1.29, 1.82) is 0 Å². The molecule has 2 fully saturated rings. The van der Waals surface area contributed by atoms with Crippen molar-refractivity contribution in [2.75, 3.05) is 11.9 Å². The van der Waals surface area contributed by atoms with E-state index in [1.807, 2.05) is 18.2 Å². The lowest BCUT2D eigenvalue weighted by atomic mass is 9.86. The minimum Gasteiger partial charge on any atom is -0.396 e. The van der Waals surface area contributed by atoms with Crippen LogP contribution in [0, 0.1) is 5.92 Å². The molecule has 1 heterocycles. The number of nitrogens with one attached hydrogen (secondary N) is 2. The van der Waals surface area contributed by atoms with Crippen molar-refractivity contribution in [3.63, 3.8) is 0 Å². The standard InChI is InChI=1S/C22H30N4O3/c27-13-14-1-5-17(6-2-14)24-21(29)15-3-4-16-12-23-22(26-20(16)11-15)25-18-7-9-19(28)10-8-18/h3-4,11-12,14,17-19,27-28H,1-2,5-10,13H2,(H,24,29)(H,23,25,26)/t14-,17-,18-,19-. The fourth-order valence-corrected chi connectivity index (χ4v) is 4.39. The third-order valence-corrected chi connectivity index (χ3v) is 6.31. The number of aliphatic hydroxyl groups excluding tert-OH is 2. The molecule has 0 saturated heterocycles. The second-order valence-corrected chi connectivity index (χ2v) is 8.49. The highest BCUT2D eigenvalue weighted by molar-refractivity contribution is 5.97. The van der Waals surface area contributed by atoms with Crippen LogP contribution in [-0.4, -0.2) is 50.9 Å². The van der Waals surface area contributed by atoms with Gasteiger partial charge in [-0.15, -0.1) is 0 Å². The first-order valence-corrected chi connectivity index (χ1v) is 10.7. The number of aromatic nitrogens is 2. The van der Waals surface area contributed by atoms with Gasteiger partial charge in [0, 0.05) is 35.8 Å². The lowest BCUT2D eigenvalue weighted by molar-refractivity contribution is 0.0914. The fourth-order valence-electron chi connectivity index (χ4n) is 4.39. The first-order chi connectivity index (χ1) is 14.1. The van der Waals surface area contributed by atoms with Crippen LogP contribution in [0.1, 0.15) is 61.7 Å². The lowest BCUT2D eigenvalue weighted by Crippen LogP contribution is -2.38. The third kappa shape index (κ3) is 5.03. The summed E-state index contributed by atoms with van der Waals surface area (Å²) in [5.74, 6) is 0.867. The number of aliphatic hydroxyl groups is 2. The predicted octanol–water partition coefficient (Wildman–Crippen LogP) is 2.63. The highest BCUT2D eigenvalue weighted by Crippen LogP contribution is 2.25. The van der Waals surface area contributed by atoms with Crippen LogP contribution in [0.4, 0.5) is 5.95 Å². The van der Waals surface area contributed by atoms with E-state index in [1.165, 1.54) is 0 Å². The molecule has 7 heteroatoms. The zero-order valence-electron chi connectivity index (χ0n) is 16.7. The molecular weight excluding hydrogens is 368 g/mol. The van der Waals surface area contributed by atoms with Crippen LogP contribution in [0.15, 0.2) is 24.4 Å². The molecule has 4 rings (SSSR count). The Balaban J connectivity index is 1.41. The number of carbonyl (C=O) groups is 1. The molecule has 4 N–H and O–H groups in total. The van der Waals surface area contributed by atoms with Crippen LogP contribution < -0.4 is 10.6 Å². The Labute approximate surface area is 170 Å². The predicted molar refractivity (Wildman–Crippen MR) is 112 cm³/mol. The van der Waals surface area contributed by atoms with Gasteiger partial charge < -0.3 is 20.8 Å². The van der Waals surface area contributed by atoms with Crippen LogP contribution in [0.25, 0.3) is 10.9 Å². The average Bonchev–Trinajstić information content (AvgIpc) is 2.75. The number of hydrogen-bond donors (Lipinski definition) is 4. The largest absolute Gasteiger partial charge is 0.396 e. The number of benzene rings is 1. The van der Waals surface area contributed by atoms with Crippen molar-refractivity contribution in [3.8, 4) is 0 Å². The van der Waals surface area contributed by atoms with E-state index in [1.54, 1.807) is 6.20 Å². The highest BCUT2D eigenvalue weighted by atomic mass is 16.3. The van der Waals surface area contributed by atoms with Crippen molar-refractivity contribution >= 4 is 22.8 Å². The molecule has 0 radical (unpaired) electrons. The van der Waals surface area contributed by atoms with Crippen LogP contribution in [0.5, 0.6) is 0 Å². The number of amides is 1. The lowest BCUT2D eigenvalue weighted by Gasteiger charge is -2.28. The molecule has 0 aliphatic heterocycles. The van der Waals surface area contributed by atoms with Crippen molar-refractivity contribution in [2.24, 2.45) is 5.92 Å². The zero-order chi connectivity index (χ0) is 20.2. The molecule has 1 aromatic heterocycles. The Bertz CT molecular complexity index is 843. The van der Waals surface area contributed by atoms with E-state index in [4.69, 9.17) is 0 Å². The van der Waals surface area contributed by atoms with E-state index in [0.717, 1.165) is 62.3 Å². The molecule has 2 aliphatic carbocycles. The van der Waals surface area contributed by atoms with Crippen molar-refractivity contribution < 1.29 is 15.0 Å². The van der Waals surface area contributed by atoms with Gasteiger partial charge in [-0.2, -0.15) is 0 Å². The summed E-state index contributed by atoms with van der Waals surface area (Å²) in [4.78, 5) is 21.7. The smallest absolute Gasteiger partial charge is 0.251 e. The van der Waals surface area contributed by atoms with Crippen molar-refractivity contribution in [2.45, 2.75) is 69.6 Å². The van der Waals surface area contributed by atoms with Crippen molar-refractivity contribution in [3.05, 3.63) is 30.0 Å². The number of hydrogen-bond acceptors (Lipinski definition) is 6. The Morgan fingerprint density at radius 1 is 1.03 bits per heavy atom. The van der Waals surface area contributed by atoms with E-state index in [9.17, 15) is 15.0 Å². The number of nitrogens with zero attached hydrogens (tertiary/aromatic N) is 2. The Kier molecular flexibility index (Phi) is 6.25. The molecule has 7 nitrogen and oxygen atoms in total. The van der Waals surface area contributed by atoms with E-state index in [2.05, 4.69) is 20.6 Å². The summed E-state index contributed by atoms with van der Waals surface area (Å²) >= 11 is 0. The van der Waals surface area contributed by atoms with Crippen LogP contribution in [0.3, 0.4) is 0 Å². The van der Waals surface area contributed by atoms with Crippen LogP contribution >= 0.6 is 0 Å². The van der Waals surface area contributed by atoms with Gasteiger partial charge in [-0.05, 0) is 69.4 Å². The Morgan fingerprint density at radius 3 is 2.48 bits per heavy atom.